The van der Waals surface area contributed by atoms with E-state index in [1.807, 2.05) is 13.0 Å². The third-order valence-electron chi connectivity index (χ3n) is 2.99. The summed E-state index contributed by atoms with van der Waals surface area (Å²) in [4.78, 5) is 0. The molecule has 0 N–H and O–H groups in total. The molecule has 0 amide bonds. The van der Waals surface area contributed by atoms with Gasteiger partial charge in [-0.2, -0.15) is 0 Å². The molecule has 86 valence electrons. The highest BCUT2D eigenvalue weighted by Crippen LogP contribution is 2.25. The van der Waals surface area contributed by atoms with Crippen LogP contribution in [-0.4, -0.2) is 7.11 Å². The molecule has 1 aromatic carbocycles. The Hall–Kier alpha value is -1.42. The molecule has 0 aliphatic heterocycles. The van der Waals surface area contributed by atoms with Gasteiger partial charge in [0.2, 0.25) is 0 Å². The Balaban J connectivity index is 2.97. The van der Waals surface area contributed by atoms with E-state index in [1.165, 1.54) is 16.7 Å². The molecule has 0 aliphatic rings. The first-order valence-electron chi connectivity index (χ1n) is 5.65. The monoisotopic (exact) mass is 216 g/mol. The molecule has 1 aromatic rings. The van der Waals surface area contributed by atoms with Crippen LogP contribution in [0.1, 0.15) is 30.5 Å². The van der Waals surface area contributed by atoms with Crippen molar-refractivity contribution in [1.82, 2.24) is 0 Å². The molecule has 1 heteroatoms. The lowest BCUT2D eigenvalue weighted by Gasteiger charge is -2.13. The molecular formula is C15H20O. The van der Waals surface area contributed by atoms with Crippen molar-refractivity contribution in [3.8, 4) is 17.6 Å². The molecule has 1 nitrogen and oxygen atoms in total. The summed E-state index contributed by atoms with van der Waals surface area (Å²) in [5.74, 6) is 7.54. The SMILES string of the molecule is CC#CC(C)Cc1ccc(OC)c(C)c1C. The second kappa shape index (κ2) is 5.61. The van der Waals surface area contributed by atoms with E-state index >= 15 is 0 Å². The van der Waals surface area contributed by atoms with E-state index in [1.54, 1.807) is 7.11 Å². The Morgan fingerprint density at radius 1 is 1.25 bits per heavy atom. The van der Waals surface area contributed by atoms with Gasteiger partial charge in [-0.3, -0.25) is 0 Å². The standard InChI is InChI=1S/C15H20O/c1-6-7-11(2)10-14-8-9-15(16-5)13(4)12(14)3/h8-9,11H,10H2,1-5H3. The Morgan fingerprint density at radius 2 is 1.94 bits per heavy atom. The number of ether oxygens (including phenoxy) is 1. The number of hydrogen-bond donors (Lipinski definition) is 0. The van der Waals surface area contributed by atoms with Crippen LogP contribution in [0.15, 0.2) is 12.1 Å². The summed E-state index contributed by atoms with van der Waals surface area (Å²) in [6.07, 6.45) is 1.01. The molecular weight excluding hydrogens is 196 g/mol. The minimum atomic E-state index is 0.413. The zero-order valence-corrected chi connectivity index (χ0v) is 10.8. The summed E-state index contributed by atoms with van der Waals surface area (Å²) in [5.41, 5.74) is 3.93. The third-order valence-corrected chi connectivity index (χ3v) is 2.99. The van der Waals surface area contributed by atoms with Crippen LogP contribution in [0.25, 0.3) is 0 Å². The Labute approximate surface area is 98.8 Å². The first-order valence-corrected chi connectivity index (χ1v) is 5.65. The average Bonchev–Trinajstić information content (AvgIpc) is 2.25. The third kappa shape index (κ3) is 2.79. The molecule has 0 fully saturated rings. The zero-order chi connectivity index (χ0) is 12.1. The molecule has 0 aliphatic carbocycles. The molecule has 1 unspecified atom stereocenters. The molecule has 0 saturated heterocycles. The second-order valence-electron chi connectivity index (χ2n) is 4.18. The fourth-order valence-corrected chi connectivity index (χ4v) is 1.92. The molecule has 0 bridgehead atoms. The van der Waals surface area contributed by atoms with Crippen molar-refractivity contribution in [3.05, 3.63) is 28.8 Å². The molecule has 0 spiro atoms. The lowest BCUT2D eigenvalue weighted by molar-refractivity contribution is 0.411. The van der Waals surface area contributed by atoms with Crippen molar-refractivity contribution >= 4 is 0 Å². The average molecular weight is 216 g/mol. The van der Waals surface area contributed by atoms with Crippen LogP contribution >= 0.6 is 0 Å². The number of rotatable bonds is 3. The summed E-state index contributed by atoms with van der Waals surface area (Å²) in [7, 11) is 1.71. The van der Waals surface area contributed by atoms with E-state index in [0.29, 0.717) is 5.92 Å². The van der Waals surface area contributed by atoms with E-state index in [9.17, 15) is 0 Å². The molecule has 0 heterocycles. The van der Waals surface area contributed by atoms with Crippen LogP contribution in [0.3, 0.4) is 0 Å². The highest BCUT2D eigenvalue weighted by atomic mass is 16.5. The highest BCUT2D eigenvalue weighted by molar-refractivity contribution is 5.43. The van der Waals surface area contributed by atoms with Crippen LogP contribution in [0.4, 0.5) is 0 Å². The van der Waals surface area contributed by atoms with Gasteiger partial charge in [0, 0.05) is 5.92 Å². The van der Waals surface area contributed by atoms with Crippen molar-refractivity contribution in [2.24, 2.45) is 5.92 Å². The van der Waals surface area contributed by atoms with Crippen molar-refractivity contribution in [2.45, 2.75) is 34.1 Å². The van der Waals surface area contributed by atoms with Gasteiger partial charge in [0.05, 0.1) is 7.11 Å². The largest absolute Gasteiger partial charge is 0.496 e. The van der Waals surface area contributed by atoms with E-state index in [4.69, 9.17) is 4.74 Å². The Morgan fingerprint density at radius 3 is 2.50 bits per heavy atom. The van der Waals surface area contributed by atoms with Gasteiger partial charge in [-0.05, 0) is 49.9 Å². The van der Waals surface area contributed by atoms with Crippen molar-refractivity contribution in [2.75, 3.05) is 7.11 Å². The molecule has 0 radical (unpaired) electrons. The van der Waals surface area contributed by atoms with Gasteiger partial charge in [0.15, 0.2) is 0 Å². The molecule has 16 heavy (non-hydrogen) atoms. The first kappa shape index (κ1) is 12.6. The second-order valence-corrected chi connectivity index (χ2v) is 4.18. The molecule has 1 atom stereocenters. The minimum Gasteiger partial charge on any atom is -0.496 e. The van der Waals surface area contributed by atoms with Gasteiger partial charge in [-0.25, -0.2) is 0 Å². The van der Waals surface area contributed by atoms with Gasteiger partial charge in [-0.15, -0.1) is 11.8 Å². The van der Waals surface area contributed by atoms with Crippen molar-refractivity contribution < 1.29 is 4.74 Å². The van der Waals surface area contributed by atoms with Crippen LogP contribution < -0.4 is 4.74 Å². The Bertz CT molecular complexity index is 421. The number of benzene rings is 1. The topological polar surface area (TPSA) is 9.23 Å². The van der Waals surface area contributed by atoms with Crippen molar-refractivity contribution in [1.29, 1.82) is 0 Å². The lowest BCUT2D eigenvalue weighted by Crippen LogP contribution is -2.01. The maximum absolute atomic E-state index is 5.31. The molecule has 1 rings (SSSR count). The van der Waals surface area contributed by atoms with Gasteiger partial charge in [-0.1, -0.05) is 13.0 Å². The maximum Gasteiger partial charge on any atom is 0.122 e. The van der Waals surface area contributed by atoms with Crippen LogP contribution in [0.2, 0.25) is 0 Å². The van der Waals surface area contributed by atoms with Gasteiger partial charge in [0.1, 0.15) is 5.75 Å². The summed E-state index contributed by atoms with van der Waals surface area (Å²) >= 11 is 0. The first-order chi connectivity index (χ1) is 7.60. The predicted octanol–water partition coefficient (Wildman–Crippen LogP) is 3.51. The fraction of sp³-hybridized carbons (Fsp3) is 0.467. The molecule has 0 saturated carbocycles. The molecule has 0 aromatic heterocycles. The van der Waals surface area contributed by atoms with Crippen LogP contribution in [0.5, 0.6) is 5.75 Å². The van der Waals surface area contributed by atoms with Crippen LogP contribution in [0, 0.1) is 31.6 Å². The van der Waals surface area contributed by atoms with E-state index in [0.717, 1.165) is 12.2 Å². The zero-order valence-electron chi connectivity index (χ0n) is 10.8. The maximum atomic E-state index is 5.31. The minimum absolute atomic E-state index is 0.413. The summed E-state index contributed by atoms with van der Waals surface area (Å²) in [6, 6.07) is 4.19. The highest BCUT2D eigenvalue weighted by Gasteiger charge is 2.08. The predicted molar refractivity (Wildman–Crippen MR) is 68.8 cm³/mol. The summed E-state index contributed by atoms with van der Waals surface area (Å²) in [6.45, 7) is 8.31. The lowest BCUT2D eigenvalue weighted by atomic mass is 9.94. The van der Waals surface area contributed by atoms with Crippen LogP contribution in [-0.2, 0) is 6.42 Å². The summed E-state index contributed by atoms with van der Waals surface area (Å²) in [5, 5.41) is 0. The van der Waals surface area contributed by atoms with Gasteiger partial charge < -0.3 is 4.74 Å². The van der Waals surface area contributed by atoms with E-state index in [2.05, 4.69) is 38.7 Å². The smallest absolute Gasteiger partial charge is 0.122 e. The van der Waals surface area contributed by atoms with E-state index < -0.39 is 0 Å². The Kier molecular flexibility index (Phi) is 4.43. The number of methoxy groups -OCH3 is 1. The van der Waals surface area contributed by atoms with Gasteiger partial charge >= 0.3 is 0 Å². The quantitative estimate of drug-likeness (QED) is 0.702. The normalized spacial score (nSPS) is 11.6. The fourth-order valence-electron chi connectivity index (χ4n) is 1.92. The number of hydrogen-bond acceptors (Lipinski definition) is 1. The van der Waals surface area contributed by atoms with E-state index in [-0.39, 0.29) is 0 Å². The van der Waals surface area contributed by atoms with Crippen molar-refractivity contribution in [3.63, 3.8) is 0 Å². The summed E-state index contributed by atoms with van der Waals surface area (Å²) < 4.78 is 5.31. The van der Waals surface area contributed by atoms with Gasteiger partial charge in [0.25, 0.3) is 0 Å².